The summed E-state index contributed by atoms with van der Waals surface area (Å²) in [7, 11) is 0. The van der Waals surface area contributed by atoms with Crippen LogP contribution in [0.5, 0.6) is 0 Å². The molecular formula is C12H15ClN2O. The Morgan fingerprint density at radius 3 is 2.69 bits per heavy atom. The fourth-order valence-corrected chi connectivity index (χ4v) is 2.25. The highest BCUT2D eigenvalue weighted by Gasteiger charge is 2.30. The number of aromatic nitrogens is 1. The molecule has 1 aromatic rings. The second-order valence-corrected chi connectivity index (χ2v) is 4.98. The number of nitrogens with zero attached hydrogens (tertiary/aromatic N) is 1. The minimum atomic E-state index is -0.0615. The number of carbonyl (C=O) groups excluding carboxylic acids is 1. The molecule has 0 saturated heterocycles. The van der Waals surface area contributed by atoms with E-state index in [2.05, 4.69) is 17.2 Å². The fourth-order valence-electron chi connectivity index (χ4n) is 2.14. The van der Waals surface area contributed by atoms with E-state index in [4.69, 9.17) is 11.6 Å². The Labute approximate surface area is 100 Å². The number of hydrogen-bond donors (Lipinski definition) is 1. The zero-order chi connectivity index (χ0) is 11.6. The molecule has 1 aliphatic carbocycles. The molecule has 1 saturated carbocycles. The van der Waals surface area contributed by atoms with Crippen LogP contribution < -0.4 is 5.32 Å². The van der Waals surface area contributed by atoms with Crippen molar-refractivity contribution in [3.63, 3.8) is 0 Å². The van der Waals surface area contributed by atoms with Crippen LogP contribution in [0, 0.1) is 0 Å². The average Bonchev–Trinajstić information content (AvgIpc) is 2.65. The molecule has 0 aromatic carbocycles. The van der Waals surface area contributed by atoms with Crippen molar-refractivity contribution < 1.29 is 4.79 Å². The maximum Gasteiger partial charge on any atom is 0.253 e. The van der Waals surface area contributed by atoms with Gasteiger partial charge in [-0.15, -0.1) is 0 Å². The Bertz CT molecular complexity index is 383. The van der Waals surface area contributed by atoms with Gasteiger partial charge in [0.15, 0.2) is 0 Å². The zero-order valence-corrected chi connectivity index (χ0v) is 10.0. The van der Waals surface area contributed by atoms with Gasteiger partial charge in [0, 0.05) is 11.7 Å². The van der Waals surface area contributed by atoms with E-state index in [-0.39, 0.29) is 11.4 Å². The van der Waals surface area contributed by atoms with Crippen molar-refractivity contribution >= 4 is 17.5 Å². The number of carbonyl (C=O) groups is 1. The molecule has 1 aromatic heterocycles. The first-order valence-electron chi connectivity index (χ1n) is 5.53. The SMILES string of the molecule is CC1(NC(=O)c2ccc(Cl)nc2)CCCC1. The third-order valence-corrected chi connectivity index (χ3v) is 3.34. The van der Waals surface area contributed by atoms with Crippen LogP contribution in [-0.2, 0) is 0 Å². The predicted molar refractivity (Wildman–Crippen MR) is 63.6 cm³/mol. The molecule has 0 radical (unpaired) electrons. The molecule has 86 valence electrons. The van der Waals surface area contributed by atoms with E-state index in [0.29, 0.717) is 10.7 Å². The maximum absolute atomic E-state index is 11.9. The van der Waals surface area contributed by atoms with E-state index < -0.39 is 0 Å². The standard InChI is InChI=1S/C12H15ClN2O/c1-12(6-2-3-7-12)15-11(16)9-4-5-10(13)14-8-9/h4-5,8H,2-3,6-7H2,1H3,(H,15,16). The molecule has 0 bridgehead atoms. The second kappa shape index (κ2) is 4.42. The Morgan fingerprint density at radius 2 is 2.12 bits per heavy atom. The lowest BCUT2D eigenvalue weighted by molar-refractivity contribution is 0.0908. The van der Waals surface area contributed by atoms with Gasteiger partial charge in [-0.2, -0.15) is 0 Å². The smallest absolute Gasteiger partial charge is 0.253 e. The summed E-state index contributed by atoms with van der Waals surface area (Å²) in [6, 6.07) is 3.33. The van der Waals surface area contributed by atoms with Gasteiger partial charge in [0.05, 0.1) is 5.56 Å². The van der Waals surface area contributed by atoms with Gasteiger partial charge in [-0.25, -0.2) is 4.98 Å². The number of amides is 1. The van der Waals surface area contributed by atoms with E-state index in [1.165, 1.54) is 19.0 Å². The molecule has 1 N–H and O–H groups in total. The van der Waals surface area contributed by atoms with Crippen molar-refractivity contribution in [1.82, 2.24) is 10.3 Å². The molecule has 1 fully saturated rings. The normalized spacial score (nSPS) is 18.4. The molecular weight excluding hydrogens is 224 g/mol. The summed E-state index contributed by atoms with van der Waals surface area (Å²) in [5.41, 5.74) is 0.522. The minimum absolute atomic E-state index is 0.0449. The first-order valence-corrected chi connectivity index (χ1v) is 5.91. The molecule has 1 aliphatic rings. The van der Waals surface area contributed by atoms with Crippen LogP contribution >= 0.6 is 11.6 Å². The topological polar surface area (TPSA) is 42.0 Å². The van der Waals surface area contributed by atoms with Gasteiger partial charge in [0.2, 0.25) is 0 Å². The Hall–Kier alpha value is -1.09. The van der Waals surface area contributed by atoms with Gasteiger partial charge in [-0.3, -0.25) is 4.79 Å². The highest BCUT2D eigenvalue weighted by atomic mass is 35.5. The maximum atomic E-state index is 11.9. The van der Waals surface area contributed by atoms with Crippen molar-refractivity contribution in [2.24, 2.45) is 0 Å². The summed E-state index contributed by atoms with van der Waals surface area (Å²) < 4.78 is 0. The van der Waals surface area contributed by atoms with Crippen molar-refractivity contribution in [2.75, 3.05) is 0 Å². The molecule has 0 spiro atoms. The summed E-state index contributed by atoms with van der Waals surface area (Å²) in [6.45, 7) is 2.10. The summed E-state index contributed by atoms with van der Waals surface area (Å²) in [5.74, 6) is -0.0615. The quantitative estimate of drug-likeness (QED) is 0.805. The summed E-state index contributed by atoms with van der Waals surface area (Å²) >= 11 is 5.67. The third-order valence-electron chi connectivity index (χ3n) is 3.11. The van der Waals surface area contributed by atoms with Crippen LogP contribution in [0.1, 0.15) is 43.0 Å². The number of hydrogen-bond acceptors (Lipinski definition) is 2. The van der Waals surface area contributed by atoms with Gasteiger partial charge < -0.3 is 5.32 Å². The number of rotatable bonds is 2. The molecule has 0 unspecified atom stereocenters. The summed E-state index contributed by atoms with van der Waals surface area (Å²) in [6.07, 6.45) is 6.00. The second-order valence-electron chi connectivity index (χ2n) is 4.59. The molecule has 2 rings (SSSR count). The van der Waals surface area contributed by atoms with E-state index in [1.54, 1.807) is 12.1 Å². The molecule has 0 atom stereocenters. The van der Waals surface area contributed by atoms with Crippen molar-refractivity contribution in [3.8, 4) is 0 Å². The van der Waals surface area contributed by atoms with Crippen LogP contribution in [0.4, 0.5) is 0 Å². The number of halogens is 1. The highest BCUT2D eigenvalue weighted by molar-refractivity contribution is 6.29. The molecule has 16 heavy (non-hydrogen) atoms. The molecule has 4 heteroatoms. The van der Waals surface area contributed by atoms with Gasteiger partial charge in [-0.05, 0) is 31.9 Å². The first-order chi connectivity index (χ1) is 7.59. The molecule has 1 amide bonds. The van der Waals surface area contributed by atoms with Crippen LogP contribution in [0.3, 0.4) is 0 Å². The Balaban J connectivity index is 2.05. The summed E-state index contributed by atoms with van der Waals surface area (Å²) in [4.78, 5) is 15.8. The Kier molecular flexibility index (Phi) is 3.15. The number of pyridine rings is 1. The Morgan fingerprint density at radius 1 is 1.44 bits per heavy atom. The lowest BCUT2D eigenvalue weighted by atomic mass is 10.0. The monoisotopic (exact) mass is 238 g/mol. The first kappa shape index (κ1) is 11.4. The van der Waals surface area contributed by atoms with Gasteiger partial charge in [0.25, 0.3) is 5.91 Å². The largest absolute Gasteiger partial charge is 0.347 e. The molecule has 0 aliphatic heterocycles. The zero-order valence-electron chi connectivity index (χ0n) is 9.29. The van der Waals surface area contributed by atoms with E-state index >= 15 is 0 Å². The van der Waals surface area contributed by atoms with Crippen LogP contribution in [-0.4, -0.2) is 16.4 Å². The predicted octanol–water partition coefficient (Wildman–Crippen LogP) is 2.80. The van der Waals surface area contributed by atoms with Gasteiger partial charge in [0.1, 0.15) is 5.15 Å². The fraction of sp³-hybridized carbons (Fsp3) is 0.500. The van der Waals surface area contributed by atoms with Gasteiger partial charge >= 0.3 is 0 Å². The molecule has 3 nitrogen and oxygen atoms in total. The van der Waals surface area contributed by atoms with Crippen molar-refractivity contribution in [2.45, 2.75) is 38.1 Å². The highest BCUT2D eigenvalue weighted by Crippen LogP contribution is 2.29. The minimum Gasteiger partial charge on any atom is -0.347 e. The molecule has 1 heterocycles. The third kappa shape index (κ3) is 2.53. The van der Waals surface area contributed by atoms with Crippen molar-refractivity contribution in [1.29, 1.82) is 0 Å². The van der Waals surface area contributed by atoms with Crippen LogP contribution in [0.2, 0.25) is 5.15 Å². The summed E-state index contributed by atoms with van der Waals surface area (Å²) in [5, 5.41) is 3.48. The van der Waals surface area contributed by atoms with E-state index in [9.17, 15) is 4.79 Å². The van der Waals surface area contributed by atoms with Gasteiger partial charge in [-0.1, -0.05) is 24.4 Å². The van der Waals surface area contributed by atoms with E-state index in [1.807, 2.05) is 0 Å². The lowest BCUT2D eigenvalue weighted by Gasteiger charge is -2.25. The van der Waals surface area contributed by atoms with E-state index in [0.717, 1.165) is 12.8 Å². The average molecular weight is 239 g/mol. The van der Waals surface area contributed by atoms with Crippen LogP contribution in [0.25, 0.3) is 0 Å². The lowest BCUT2D eigenvalue weighted by Crippen LogP contribution is -2.43. The van der Waals surface area contributed by atoms with Crippen molar-refractivity contribution in [3.05, 3.63) is 29.0 Å². The number of nitrogens with one attached hydrogen (secondary N) is 1. The van der Waals surface area contributed by atoms with Crippen LogP contribution in [0.15, 0.2) is 18.3 Å².